The second-order valence-electron chi connectivity index (χ2n) is 8.15. The molecule has 0 saturated heterocycles. The van der Waals surface area contributed by atoms with Crippen LogP contribution in [0.1, 0.15) is 50.2 Å². The highest BCUT2D eigenvalue weighted by Gasteiger charge is 2.16. The normalized spacial score (nSPS) is 10.7. The Morgan fingerprint density at radius 3 is 2.55 bits per heavy atom. The van der Waals surface area contributed by atoms with Crippen molar-refractivity contribution in [1.82, 2.24) is 15.1 Å². The lowest BCUT2D eigenvalue weighted by atomic mass is 10.1. The summed E-state index contributed by atoms with van der Waals surface area (Å²) in [7, 11) is 0. The molecule has 0 aliphatic rings. The summed E-state index contributed by atoms with van der Waals surface area (Å²) in [5.41, 5.74) is 3.32. The third-order valence-electron chi connectivity index (χ3n) is 5.41. The monoisotopic (exact) mass is 464 g/mol. The van der Waals surface area contributed by atoms with Crippen LogP contribution in [-0.2, 0) is 16.0 Å². The quantitative estimate of drug-likeness (QED) is 0.360. The van der Waals surface area contributed by atoms with Crippen molar-refractivity contribution in [3.63, 3.8) is 0 Å². The number of amides is 2. The number of aryl methyl sites for hydroxylation is 1. The van der Waals surface area contributed by atoms with E-state index in [2.05, 4.69) is 34.6 Å². The first kappa shape index (κ1) is 24.6. The molecule has 0 unspecified atom stereocenters. The van der Waals surface area contributed by atoms with Crippen molar-refractivity contribution < 1.29 is 9.59 Å². The van der Waals surface area contributed by atoms with Gasteiger partial charge >= 0.3 is 0 Å². The molecule has 2 aromatic carbocycles. The van der Waals surface area contributed by atoms with E-state index >= 15 is 0 Å². The molecule has 1 N–H and O–H groups in total. The Balaban J connectivity index is 1.54. The molecule has 0 aliphatic carbocycles. The van der Waals surface area contributed by atoms with Gasteiger partial charge in [-0.25, -0.2) is 0 Å². The van der Waals surface area contributed by atoms with Crippen LogP contribution in [0.4, 0.5) is 5.13 Å². The van der Waals surface area contributed by atoms with Crippen LogP contribution >= 0.6 is 11.3 Å². The maximum atomic E-state index is 12.8. The molecule has 0 bridgehead atoms. The van der Waals surface area contributed by atoms with Crippen LogP contribution in [-0.4, -0.2) is 40.0 Å². The summed E-state index contributed by atoms with van der Waals surface area (Å²) in [6, 6.07) is 18.1. The Morgan fingerprint density at radius 2 is 1.79 bits per heavy atom. The fourth-order valence-electron chi connectivity index (χ4n) is 3.54. The SMILES string of the molecule is CCCCCC(=O)N(CCC(=O)Nc1nnc(-c2cccc(C)c2)s1)CCc1ccccc1. The molecule has 0 saturated carbocycles. The van der Waals surface area contributed by atoms with Gasteiger partial charge in [0.25, 0.3) is 0 Å². The second kappa shape index (κ2) is 12.8. The van der Waals surface area contributed by atoms with Crippen molar-refractivity contribution in [2.24, 2.45) is 0 Å². The highest BCUT2D eigenvalue weighted by molar-refractivity contribution is 7.18. The summed E-state index contributed by atoms with van der Waals surface area (Å²) in [4.78, 5) is 27.2. The van der Waals surface area contributed by atoms with E-state index in [1.807, 2.05) is 54.3 Å². The van der Waals surface area contributed by atoms with E-state index in [1.165, 1.54) is 16.9 Å². The van der Waals surface area contributed by atoms with Crippen LogP contribution in [0.2, 0.25) is 0 Å². The average Bonchev–Trinajstić information content (AvgIpc) is 3.28. The first-order chi connectivity index (χ1) is 16.0. The number of nitrogens with zero attached hydrogens (tertiary/aromatic N) is 3. The van der Waals surface area contributed by atoms with Gasteiger partial charge in [0.05, 0.1) is 0 Å². The number of nitrogens with one attached hydrogen (secondary N) is 1. The number of carbonyl (C=O) groups is 2. The zero-order valence-corrected chi connectivity index (χ0v) is 20.2. The van der Waals surface area contributed by atoms with E-state index in [-0.39, 0.29) is 18.2 Å². The predicted octanol–water partition coefficient (Wildman–Crippen LogP) is 5.49. The van der Waals surface area contributed by atoms with Gasteiger partial charge in [-0.1, -0.05) is 85.2 Å². The van der Waals surface area contributed by atoms with Gasteiger partial charge in [0.15, 0.2) is 0 Å². The molecular formula is C26H32N4O2S. The maximum Gasteiger partial charge on any atom is 0.227 e. The minimum Gasteiger partial charge on any atom is -0.342 e. The van der Waals surface area contributed by atoms with Gasteiger partial charge in [-0.05, 0) is 31.4 Å². The lowest BCUT2D eigenvalue weighted by molar-refractivity contribution is -0.131. The molecule has 0 atom stereocenters. The number of carbonyl (C=O) groups excluding carboxylic acids is 2. The molecule has 3 rings (SSSR count). The summed E-state index contributed by atoms with van der Waals surface area (Å²) in [6.07, 6.45) is 4.54. The smallest absolute Gasteiger partial charge is 0.227 e. The highest BCUT2D eigenvalue weighted by Crippen LogP contribution is 2.26. The van der Waals surface area contributed by atoms with Crippen molar-refractivity contribution in [3.8, 4) is 10.6 Å². The molecule has 6 nitrogen and oxygen atoms in total. The summed E-state index contributed by atoms with van der Waals surface area (Å²) < 4.78 is 0. The number of aromatic nitrogens is 2. The van der Waals surface area contributed by atoms with Crippen molar-refractivity contribution in [3.05, 3.63) is 65.7 Å². The number of rotatable bonds is 12. The van der Waals surface area contributed by atoms with E-state index in [9.17, 15) is 9.59 Å². The Bertz CT molecular complexity index is 1040. The molecule has 2 amide bonds. The maximum absolute atomic E-state index is 12.8. The lowest BCUT2D eigenvalue weighted by Gasteiger charge is -2.22. The third kappa shape index (κ3) is 8.09. The largest absolute Gasteiger partial charge is 0.342 e. The number of unbranched alkanes of at least 4 members (excludes halogenated alkanes) is 2. The van der Waals surface area contributed by atoms with E-state index in [1.54, 1.807) is 0 Å². The summed E-state index contributed by atoms with van der Waals surface area (Å²) in [5, 5.41) is 12.4. The number of hydrogen-bond acceptors (Lipinski definition) is 5. The molecule has 33 heavy (non-hydrogen) atoms. The van der Waals surface area contributed by atoms with Gasteiger partial charge in [0.2, 0.25) is 16.9 Å². The first-order valence-electron chi connectivity index (χ1n) is 11.6. The van der Waals surface area contributed by atoms with E-state index in [0.29, 0.717) is 24.6 Å². The van der Waals surface area contributed by atoms with Crippen LogP contribution in [0.3, 0.4) is 0 Å². The summed E-state index contributed by atoms with van der Waals surface area (Å²) in [5.74, 6) is -0.0437. The Labute approximate surface area is 200 Å². The number of anilines is 1. The topological polar surface area (TPSA) is 75.2 Å². The van der Waals surface area contributed by atoms with E-state index in [0.717, 1.165) is 41.8 Å². The Morgan fingerprint density at radius 1 is 0.970 bits per heavy atom. The van der Waals surface area contributed by atoms with Gasteiger partial charge in [-0.2, -0.15) is 0 Å². The zero-order valence-electron chi connectivity index (χ0n) is 19.4. The fourth-order valence-corrected chi connectivity index (χ4v) is 4.30. The minimum atomic E-state index is -0.159. The molecule has 1 heterocycles. The van der Waals surface area contributed by atoms with Gasteiger partial charge < -0.3 is 10.2 Å². The minimum absolute atomic E-state index is 0.116. The van der Waals surface area contributed by atoms with E-state index < -0.39 is 0 Å². The van der Waals surface area contributed by atoms with Gasteiger partial charge in [0, 0.05) is 31.5 Å². The molecule has 1 aromatic heterocycles. The standard InChI is InChI=1S/C26H32N4O2S/c1-3-4-6-14-24(32)30(17-15-21-11-7-5-8-12-21)18-16-23(31)27-26-29-28-25(33-26)22-13-9-10-20(2)19-22/h5,7-13,19H,3-4,6,14-18H2,1-2H3,(H,27,29,31). The highest BCUT2D eigenvalue weighted by atomic mass is 32.1. The molecule has 0 spiro atoms. The number of benzene rings is 2. The Hall–Kier alpha value is -3.06. The van der Waals surface area contributed by atoms with Crippen molar-refractivity contribution in [2.75, 3.05) is 18.4 Å². The van der Waals surface area contributed by atoms with E-state index in [4.69, 9.17) is 0 Å². The Kier molecular flexibility index (Phi) is 9.57. The molecule has 174 valence electrons. The first-order valence-corrected chi connectivity index (χ1v) is 12.4. The lowest BCUT2D eigenvalue weighted by Crippen LogP contribution is -2.35. The zero-order chi connectivity index (χ0) is 23.5. The second-order valence-corrected chi connectivity index (χ2v) is 9.13. The fraction of sp³-hybridized carbons (Fsp3) is 0.385. The average molecular weight is 465 g/mol. The molecule has 3 aromatic rings. The van der Waals surface area contributed by atoms with Crippen LogP contribution in [0, 0.1) is 6.92 Å². The summed E-state index contributed by atoms with van der Waals surface area (Å²) >= 11 is 1.35. The van der Waals surface area contributed by atoms with Crippen molar-refractivity contribution in [2.45, 2.75) is 52.4 Å². The molecule has 0 radical (unpaired) electrons. The van der Waals surface area contributed by atoms with Gasteiger partial charge in [-0.3, -0.25) is 9.59 Å². The predicted molar refractivity (Wildman–Crippen MR) is 134 cm³/mol. The summed E-state index contributed by atoms with van der Waals surface area (Å²) in [6.45, 7) is 5.16. The van der Waals surface area contributed by atoms with Crippen molar-refractivity contribution in [1.29, 1.82) is 0 Å². The third-order valence-corrected chi connectivity index (χ3v) is 6.29. The van der Waals surface area contributed by atoms with Crippen molar-refractivity contribution >= 4 is 28.3 Å². The molecular weight excluding hydrogens is 432 g/mol. The van der Waals surface area contributed by atoms with Gasteiger partial charge in [0.1, 0.15) is 5.01 Å². The molecule has 0 fully saturated rings. The number of hydrogen-bond donors (Lipinski definition) is 1. The molecule has 7 heteroatoms. The van der Waals surface area contributed by atoms with Gasteiger partial charge in [-0.15, -0.1) is 10.2 Å². The van der Waals surface area contributed by atoms with Crippen LogP contribution in [0.25, 0.3) is 10.6 Å². The molecule has 0 aliphatic heterocycles. The van der Waals surface area contributed by atoms with Crippen LogP contribution in [0.15, 0.2) is 54.6 Å². The van der Waals surface area contributed by atoms with Crippen LogP contribution in [0.5, 0.6) is 0 Å². The van der Waals surface area contributed by atoms with Crippen LogP contribution < -0.4 is 5.32 Å².